The van der Waals surface area contributed by atoms with E-state index in [9.17, 15) is 22.0 Å². The molecule has 3 rings (SSSR count). The summed E-state index contributed by atoms with van der Waals surface area (Å²) in [5.41, 5.74) is 1.49. The van der Waals surface area contributed by atoms with Crippen molar-refractivity contribution in [1.82, 2.24) is 15.7 Å². The first-order valence-electron chi connectivity index (χ1n) is 8.24. The van der Waals surface area contributed by atoms with Gasteiger partial charge in [-0.1, -0.05) is 30.3 Å². The third-order valence-electron chi connectivity index (χ3n) is 4.15. The molecule has 0 saturated carbocycles. The zero-order chi connectivity index (χ0) is 20.4. The number of hydrogen-bond donors (Lipinski definition) is 2. The molecule has 1 unspecified atom stereocenters. The lowest BCUT2D eigenvalue weighted by atomic mass is 10.0. The molecule has 0 bridgehead atoms. The smallest absolute Gasteiger partial charge is 0.268 e. The fourth-order valence-electron chi connectivity index (χ4n) is 2.65. The molecule has 0 radical (unpaired) electrons. The topological polar surface area (TPSA) is 91.4 Å². The number of rotatable bonds is 7. The minimum atomic E-state index is -3.50. The second kappa shape index (κ2) is 7.64. The zero-order valence-electron chi connectivity index (χ0n) is 14.8. The van der Waals surface area contributed by atoms with Crippen LogP contribution in [-0.2, 0) is 21.2 Å². The van der Waals surface area contributed by atoms with Gasteiger partial charge in [-0.2, -0.15) is 0 Å². The number of halogens is 2. The van der Waals surface area contributed by atoms with Gasteiger partial charge in [0.2, 0.25) is 0 Å². The normalized spacial score (nSPS) is 19.6. The van der Waals surface area contributed by atoms with E-state index in [0.29, 0.717) is 12.2 Å². The third-order valence-corrected chi connectivity index (χ3v) is 5.15. The molecule has 2 aromatic rings. The van der Waals surface area contributed by atoms with Crippen molar-refractivity contribution >= 4 is 21.8 Å². The minimum absolute atomic E-state index is 0.139. The number of alkyl halides is 2. The average Bonchev–Trinajstić information content (AvgIpc) is 3.07. The van der Waals surface area contributed by atoms with E-state index < -0.39 is 21.8 Å². The first-order valence-corrected chi connectivity index (χ1v) is 10.1. The average molecular weight is 408 g/mol. The first kappa shape index (κ1) is 19.9. The Hall–Kier alpha value is -2.85. The van der Waals surface area contributed by atoms with Crippen LogP contribution in [0.4, 0.5) is 14.5 Å². The van der Waals surface area contributed by atoms with Crippen LogP contribution < -0.4 is 15.8 Å². The molecule has 1 aliphatic heterocycles. The summed E-state index contributed by atoms with van der Waals surface area (Å²) in [4.78, 5) is 15.3. The molecular formula is C18H18F2N4O3S. The predicted octanol–water partition coefficient (Wildman–Crippen LogP) is 1.64. The van der Waals surface area contributed by atoms with E-state index in [1.807, 2.05) is 30.3 Å². The summed E-state index contributed by atoms with van der Waals surface area (Å²) in [5.74, 6) is 0.227. The molecule has 0 amide bonds. The Bertz CT molecular complexity index is 982. The molecule has 1 aliphatic rings. The Labute approximate surface area is 161 Å². The van der Waals surface area contributed by atoms with Gasteiger partial charge in [-0.3, -0.25) is 5.01 Å². The molecule has 148 valence electrons. The van der Waals surface area contributed by atoms with Crippen molar-refractivity contribution in [1.29, 1.82) is 0 Å². The van der Waals surface area contributed by atoms with E-state index in [2.05, 4.69) is 15.7 Å². The fraction of sp³-hybridized carbons (Fsp3) is 0.222. The van der Waals surface area contributed by atoms with Gasteiger partial charge >= 0.3 is 0 Å². The molecule has 1 aromatic heterocycles. The molecule has 0 aliphatic carbocycles. The lowest BCUT2D eigenvalue weighted by Crippen LogP contribution is -2.54. The minimum Gasteiger partial charge on any atom is -0.367 e. The highest BCUT2D eigenvalue weighted by atomic mass is 32.2. The van der Waals surface area contributed by atoms with E-state index in [-0.39, 0.29) is 17.1 Å². The van der Waals surface area contributed by atoms with Gasteiger partial charge in [-0.05, 0) is 23.8 Å². The van der Waals surface area contributed by atoms with Crippen LogP contribution in [-0.4, -0.2) is 37.9 Å². The molecule has 2 N–H and O–H groups in total. The SMILES string of the molecule is CS(=O)(=O)c1ccc(N2NC(C=O)(C(F)F)C=C2NCc2ccccc2)cn1. The molecule has 28 heavy (non-hydrogen) atoms. The van der Waals surface area contributed by atoms with E-state index in [1.165, 1.54) is 23.3 Å². The maximum atomic E-state index is 13.6. The van der Waals surface area contributed by atoms with Gasteiger partial charge < -0.3 is 10.1 Å². The van der Waals surface area contributed by atoms with Crippen molar-refractivity contribution in [2.45, 2.75) is 23.5 Å². The third kappa shape index (κ3) is 4.02. The van der Waals surface area contributed by atoms with Crippen molar-refractivity contribution in [2.24, 2.45) is 0 Å². The molecule has 1 aromatic carbocycles. The van der Waals surface area contributed by atoms with Crippen molar-refractivity contribution in [2.75, 3.05) is 11.3 Å². The maximum Gasteiger partial charge on any atom is 0.268 e. The molecule has 0 saturated heterocycles. The first-order chi connectivity index (χ1) is 13.2. The summed E-state index contributed by atoms with van der Waals surface area (Å²) in [5, 5.41) is 4.13. The standard InChI is InChI=1S/C18H18F2N4O3S/c1-28(26,27)16-8-7-14(11-22-16)24-15(9-18(12-25,23-24)17(19)20)21-10-13-5-3-2-4-6-13/h2-9,11-12,17,21,23H,10H2,1H3. The van der Waals surface area contributed by atoms with Crippen molar-refractivity contribution in [3.05, 3.63) is 66.1 Å². The van der Waals surface area contributed by atoms with E-state index >= 15 is 0 Å². The van der Waals surface area contributed by atoms with Gasteiger partial charge in [0.1, 0.15) is 5.82 Å². The van der Waals surface area contributed by atoms with Gasteiger partial charge in [-0.25, -0.2) is 27.6 Å². The lowest BCUT2D eigenvalue weighted by Gasteiger charge is -2.27. The van der Waals surface area contributed by atoms with Crippen molar-refractivity contribution in [3.63, 3.8) is 0 Å². The molecule has 7 nitrogen and oxygen atoms in total. The number of nitrogens with one attached hydrogen (secondary N) is 2. The molecule has 0 spiro atoms. The molecule has 1 atom stereocenters. The van der Waals surface area contributed by atoms with Crippen LogP contribution in [0.25, 0.3) is 0 Å². The number of carbonyl (C=O) groups excluding carboxylic acids is 1. The van der Waals surface area contributed by atoms with Crippen LogP contribution in [0.3, 0.4) is 0 Å². The second-order valence-corrected chi connectivity index (χ2v) is 8.26. The van der Waals surface area contributed by atoms with Crippen molar-refractivity contribution < 1.29 is 22.0 Å². The number of carbonyl (C=O) groups is 1. The number of hydrazine groups is 1. The fourth-order valence-corrected chi connectivity index (χ4v) is 3.21. The van der Waals surface area contributed by atoms with E-state index in [1.54, 1.807) is 0 Å². The van der Waals surface area contributed by atoms with Gasteiger partial charge in [0.05, 0.1) is 11.9 Å². The Kier molecular flexibility index (Phi) is 5.43. The molecular weight excluding hydrogens is 390 g/mol. The highest BCUT2D eigenvalue weighted by Crippen LogP contribution is 2.29. The number of anilines is 1. The van der Waals surface area contributed by atoms with Gasteiger partial charge in [-0.15, -0.1) is 0 Å². The Balaban J connectivity index is 1.91. The largest absolute Gasteiger partial charge is 0.367 e. The van der Waals surface area contributed by atoms with Crippen LogP contribution in [0, 0.1) is 0 Å². The number of hydrogen-bond acceptors (Lipinski definition) is 7. The number of aldehydes is 1. The summed E-state index contributed by atoms with van der Waals surface area (Å²) >= 11 is 0. The number of aromatic nitrogens is 1. The summed E-state index contributed by atoms with van der Waals surface area (Å²) < 4.78 is 50.2. The maximum absolute atomic E-state index is 13.6. The molecule has 10 heteroatoms. The molecule has 2 heterocycles. The quantitative estimate of drug-likeness (QED) is 0.673. The van der Waals surface area contributed by atoms with Gasteiger partial charge in [0.15, 0.2) is 26.7 Å². The Morgan fingerprint density at radius 2 is 1.96 bits per heavy atom. The van der Waals surface area contributed by atoms with Gasteiger partial charge in [0.25, 0.3) is 6.43 Å². The summed E-state index contributed by atoms with van der Waals surface area (Å²) in [6.45, 7) is 0.331. The van der Waals surface area contributed by atoms with Crippen LogP contribution in [0.1, 0.15) is 5.56 Å². The summed E-state index contributed by atoms with van der Waals surface area (Å²) in [6.07, 6.45) is 0.502. The summed E-state index contributed by atoms with van der Waals surface area (Å²) in [7, 11) is -3.50. The molecule has 0 fully saturated rings. The Morgan fingerprint density at radius 1 is 1.25 bits per heavy atom. The van der Waals surface area contributed by atoms with Gasteiger partial charge in [0, 0.05) is 12.8 Å². The summed E-state index contributed by atoms with van der Waals surface area (Å²) in [6, 6.07) is 12.0. The number of nitrogens with zero attached hydrogens (tertiary/aromatic N) is 2. The lowest BCUT2D eigenvalue weighted by molar-refractivity contribution is -0.116. The zero-order valence-corrected chi connectivity index (χ0v) is 15.7. The van der Waals surface area contributed by atoms with Crippen LogP contribution in [0.15, 0.2) is 65.6 Å². The van der Waals surface area contributed by atoms with E-state index in [0.717, 1.165) is 17.9 Å². The predicted molar refractivity (Wildman–Crippen MR) is 99.1 cm³/mol. The van der Waals surface area contributed by atoms with E-state index in [4.69, 9.17) is 0 Å². The highest BCUT2D eigenvalue weighted by Gasteiger charge is 2.45. The highest BCUT2D eigenvalue weighted by molar-refractivity contribution is 7.90. The monoisotopic (exact) mass is 408 g/mol. The Morgan fingerprint density at radius 3 is 2.50 bits per heavy atom. The van der Waals surface area contributed by atoms with Crippen LogP contribution in [0.5, 0.6) is 0 Å². The van der Waals surface area contributed by atoms with Crippen molar-refractivity contribution in [3.8, 4) is 0 Å². The number of sulfone groups is 1. The second-order valence-electron chi connectivity index (χ2n) is 6.29. The van der Waals surface area contributed by atoms with Crippen LogP contribution in [0.2, 0.25) is 0 Å². The number of benzene rings is 1. The number of pyridine rings is 1. The van der Waals surface area contributed by atoms with Crippen LogP contribution >= 0.6 is 0 Å².